The lowest BCUT2D eigenvalue weighted by atomic mass is 10.1. The lowest BCUT2D eigenvalue weighted by molar-refractivity contribution is -0.131. The van der Waals surface area contributed by atoms with E-state index < -0.39 is 0 Å². The Hall–Kier alpha value is -3.22. The summed E-state index contributed by atoms with van der Waals surface area (Å²) in [5.41, 5.74) is 1.38. The summed E-state index contributed by atoms with van der Waals surface area (Å²) in [4.78, 5) is 19.0. The van der Waals surface area contributed by atoms with Crippen molar-refractivity contribution in [2.45, 2.75) is 25.3 Å². The lowest BCUT2D eigenvalue weighted by Crippen LogP contribution is -2.32. The van der Waals surface area contributed by atoms with Gasteiger partial charge >= 0.3 is 0 Å². The van der Waals surface area contributed by atoms with Gasteiger partial charge in [-0.05, 0) is 42.7 Å². The van der Waals surface area contributed by atoms with Gasteiger partial charge in [-0.2, -0.15) is 4.98 Å². The maximum absolute atomic E-state index is 13.4. The Labute approximate surface area is 161 Å². The highest BCUT2D eigenvalue weighted by Gasteiger charge is 2.34. The fraction of sp³-hybridized carbons (Fsp3) is 0.286. The minimum Gasteiger partial charge on any atom is -0.496 e. The molecule has 3 aromatic rings. The van der Waals surface area contributed by atoms with E-state index in [0.717, 1.165) is 18.4 Å². The maximum Gasteiger partial charge on any atom is 0.249 e. The van der Waals surface area contributed by atoms with Crippen molar-refractivity contribution < 1.29 is 18.4 Å². The normalized spacial score (nSPS) is 16.4. The van der Waals surface area contributed by atoms with Gasteiger partial charge in [0.1, 0.15) is 17.6 Å². The number of rotatable bonds is 5. The van der Waals surface area contributed by atoms with Gasteiger partial charge in [0, 0.05) is 6.54 Å². The number of benzene rings is 2. The predicted molar refractivity (Wildman–Crippen MR) is 100 cm³/mol. The fourth-order valence-corrected chi connectivity index (χ4v) is 3.55. The molecule has 2 aromatic carbocycles. The number of nitrogens with zero attached hydrogens (tertiary/aromatic N) is 3. The number of hydrogen-bond acceptors (Lipinski definition) is 5. The second-order valence-electron chi connectivity index (χ2n) is 6.71. The summed E-state index contributed by atoms with van der Waals surface area (Å²) in [5, 5.41) is 4.08. The van der Waals surface area contributed by atoms with E-state index in [1.165, 1.54) is 12.1 Å². The first-order valence-corrected chi connectivity index (χ1v) is 9.16. The third kappa shape index (κ3) is 3.60. The van der Waals surface area contributed by atoms with Crippen molar-refractivity contribution in [3.63, 3.8) is 0 Å². The Morgan fingerprint density at radius 3 is 2.96 bits per heavy atom. The molecule has 28 heavy (non-hydrogen) atoms. The molecule has 0 aliphatic carbocycles. The number of para-hydroxylation sites is 1. The minimum atomic E-state index is -0.346. The van der Waals surface area contributed by atoms with Crippen LogP contribution in [0.15, 0.2) is 53.1 Å². The van der Waals surface area contributed by atoms with Crippen LogP contribution in [0.2, 0.25) is 0 Å². The predicted octanol–water partition coefficient (Wildman–Crippen LogP) is 3.79. The average Bonchev–Trinajstić information content (AvgIpc) is 3.37. The highest BCUT2D eigenvalue weighted by atomic mass is 19.1. The van der Waals surface area contributed by atoms with Crippen molar-refractivity contribution in [1.82, 2.24) is 15.0 Å². The van der Waals surface area contributed by atoms with Gasteiger partial charge in [0.2, 0.25) is 17.6 Å². The van der Waals surface area contributed by atoms with Crippen molar-refractivity contribution in [3.05, 3.63) is 65.8 Å². The van der Waals surface area contributed by atoms with E-state index in [1.807, 2.05) is 24.3 Å². The number of carbonyl (C=O) groups excluding carboxylic acids is 1. The van der Waals surface area contributed by atoms with Crippen molar-refractivity contribution in [2.75, 3.05) is 13.7 Å². The van der Waals surface area contributed by atoms with Crippen molar-refractivity contribution in [2.24, 2.45) is 0 Å². The molecular weight excluding hydrogens is 361 g/mol. The molecule has 0 bridgehead atoms. The molecule has 6 nitrogen and oxygen atoms in total. The third-order valence-corrected chi connectivity index (χ3v) is 4.89. The summed E-state index contributed by atoms with van der Waals surface area (Å²) in [5.74, 6) is 1.06. The maximum atomic E-state index is 13.4. The van der Waals surface area contributed by atoms with Gasteiger partial charge in [0.05, 0.1) is 19.1 Å². The van der Waals surface area contributed by atoms with Crippen LogP contribution >= 0.6 is 0 Å². The molecule has 7 heteroatoms. The molecule has 0 saturated carbocycles. The fourth-order valence-electron chi connectivity index (χ4n) is 3.55. The van der Waals surface area contributed by atoms with Crippen LogP contribution in [-0.4, -0.2) is 34.6 Å². The topological polar surface area (TPSA) is 68.5 Å². The van der Waals surface area contributed by atoms with Crippen LogP contribution in [0.1, 0.15) is 30.3 Å². The minimum absolute atomic E-state index is 0.0786. The number of likely N-dealkylation sites (tertiary alicyclic amines) is 1. The van der Waals surface area contributed by atoms with Gasteiger partial charge in [-0.1, -0.05) is 29.4 Å². The summed E-state index contributed by atoms with van der Waals surface area (Å²) in [6, 6.07) is 13.3. The number of hydrogen-bond donors (Lipinski definition) is 0. The Bertz CT molecular complexity index is 988. The van der Waals surface area contributed by atoms with Gasteiger partial charge in [-0.25, -0.2) is 4.39 Å². The summed E-state index contributed by atoms with van der Waals surface area (Å²) in [6.45, 7) is 0.616. The van der Waals surface area contributed by atoms with E-state index in [2.05, 4.69) is 10.1 Å². The summed E-state index contributed by atoms with van der Waals surface area (Å²) >= 11 is 0. The number of methoxy groups -OCH3 is 1. The molecular formula is C21H20FN3O3. The Morgan fingerprint density at radius 2 is 2.14 bits per heavy atom. The SMILES string of the molecule is COc1ccccc1-c1noc([C@H]2CCCN2C(=O)Cc2cccc(F)c2)n1. The molecule has 1 amide bonds. The third-order valence-electron chi connectivity index (χ3n) is 4.89. The standard InChI is InChI=1S/C21H20FN3O3/c1-27-18-10-3-2-8-16(18)20-23-21(28-24-20)17-9-5-11-25(17)19(26)13-14-6-4-7-15(22)12-14/h2-4,6-8,10,12,17H,5,9,11,13H2,1H3/t17-/m1/s1. The summed E-state index contributed by atoms with van der Waals surface area (Å²) in [6.07, 6.45) is 1.75. The Morgan fingerprint density at radius 1 is 1.29 bits per heavy atom. The quantitative estimate of drug-likeness (QED) is 0.673. The molecule has 1 aliphatic rings. The van der Waals surface area contributed by atoms with Crippen LogP contribution in [0.25, 0.3) is 11.4 Å². The summed E-state index contributed by atoms with van der Waals surface area (Å²) in [7, 11) is 1.59. The van der Waals surface area contributed by atoms with Crippen LogP contribution in [0.3, 0.4) is 0 Å². The highest BCUT2D eigenvalue weighted by molar-refractivity contribution is 5.79. The molecule has 0 N–H and O–H groups in total. The molecule has 1 saturated heterocycles. The largest absolute Gasteiger partial charge is 0.496 e. The van der Waals surface area contributed by atoms with Gasteiger partial charge in [-0.15, -0.1) is 0 Å². The van der Waals surface area contributed by atoms with Gasteiger partial charge in [-0.3, -0.25) is 4.79 Å². The lowest BCUT2D eigenvalue weighted by Gasteiger charge is -2.22. The van der Waals surface area contributed by atoms with E-state index in [1.54, 1.807) is 24.1 Å². The van der Waals surface area contributed by atoms with Gasteiger partial charge in [0.25, 0.3) is 0 Å². The van der Waals surface area contributed by atoms with E-state index in [4.69, 9.17) is 9.26 Å². The molecule has 1 atom stereocenters. The first-order chi connectivity index (χ1) is 13.7. The number of carbonyl (C=O) groups is 1. The second kappa shape index (κ2) is 7.80. The van der Waals surface area contributed by atoms with E-state index in [0.29, 0.717) is 29.6 Å². The number of amides is 1. The van der Waals surface area contributed by atoms with E-state index in [-0.39, 0.29) is 24.2 Å². The zero-order valence-corrected chi connectivity index (χ0v) is 15.5. The smallest absolute Gasteiger partial charge is 0.249 e. The molecule has 0 radical (unpaired) electrons. The molecule has 2 heterocycles. The Balaban J connectivity index is 1.54. The summed E-state index contributed by atoms with van der Waals surface area (Å²) < 4.78 is 24.2. The first kappa shape index (κ1) is 18.2. The molecule has 1 fully saturated rings. The monoisotopic (exact) mass is 381 g/mol. The van der Waals surface area contributed by atoms with Crippen LogP contribution in [-0.2, 0) is 11.2 Å². The zero-order valence-electron chi connectivity index (χ0n) is 15.5. The van der Waals surface area contributed by atoms with Crippen LogP contribution in [0, 0.1) is 5.82 Å². The number of aromatic nitrogens is 2. The van der Waals surface area contributed by atoms with E-state index >= 15 is 0 Å². The van der Waals surface area contributed by atoms with Crippen molar-refractivity contribution in [1.29, 1.82) is 0 Å². The van der Waals surface area contributed by atoms with Gasteiger partial charge < -0.3 is 14.2 Å². The zero-order chi connectivity index (χ0) is 19.5. The van der Waals surface area contributed by atoms with Crippen LogP contribution in [0.5, 0.6) is 5.75 Å². The molecule has 144 valence electrons. The molecule has 0 spiro atoms. The highest BCUT2D eigenvalue weighted by Crippen LogP contribution is 2.34. The van der Waals surface area contributed by atoms with Crippen molar-refractivity contribution in [3.8, 4) is 17.1 Å². The number of halogens is 1. The second-order valence-corrected chi connectivity index (χ2v) is 6.71. The van der Waals surface area contributed by atoms with Crippen molar-refractivity contribution >= 4 is 5.91 Å². The number of ether oxygens (including phenoxy) is 1. The first-order valence-electron chi connectivity index (χ1n) is 9.16. The van der Waals surface area contributed by atoms with Crippen LogP contribution in [0.4, 0.5) is 4.39 Å². The van der Waals surface area contributed by atoms with E-state index in [9.17, 15) is 9.18 Å². The molecule has 1 aromatic heterocycles. The van der Waals surface area contributed by atoms with Gasteiger partial charge in [0.15, 0.2) is 0 Å². The molecule has 0 unspecified atom stereocenters. The average molecular weight is 381 g/mol. The van der Waals surface area contributed by atoms with Crippen LogP contribution < -0.4 is 4.74 Å². The Kier molecular flexibility index (Phi) is 5.06. The molecule has 4 rings (SSSR count). The molecule has 1 aliphatic heterocycles.